The van der Waals surface area contributed by atoms with Crippen LogP contribution in [0.5, 0.6) is 0 Å². The number of fused-ring (bicyclic) bond motifs is 5. The average molecular weight is 344 g/mol. The minimum Gasteiger partial charge on any atom is -0.383 e. The van der Waals surface area contributed by atoms with Crippen LogP contribution in [0.4, 0.5) is 5.69 Å². The molecule has 0 bridgehead atoms. The third kappa shape index (κ3) is 2.63. The number of nitrogens with one attached hydrogen (secondary N) is 1. The molecule has 130 valence electrons. The number of nitrogens with zero attached hydrogens (tertiary/aromatic N) is 5. The molecule has 0 atom stereocenters. The van der Waals surface area contributed by atoms with E-state index in [2.05, 4.69) is 46.4 Å². The van der Waals surface area contributed by atoms with Gasteiger partial charge in [0.1, 0.15) is 11.6 Å². The summed E-state index contributed by atoms with van der Waals surface area (Å²) in [6.45, 7) is 1.79. The van der Waals surface area contributed by atoms with Crippen LogP contribution < -0.4 is 5.32 Å². The van der Waals surface area contributed by atoms with Crippen LogP contribution in [0.15, 0.2) is 42.6 Å². The Hall–Kier alpha value is -3.17. The molecule has 0 fully saturated rings. The van der Waals surface area contributed by atoms with E-state index in [0.29, 0.717) is 16.9 Å². The monoisotopic (exact) mass is 344 g/mol. The summed E-state index contributed by atoms with van der Waals surface area (Å²) < 4.78 is 2.03. The minimum absolute atomic E-state index is 0.562. The highest BCUT2D eigenvalue weighted by atomic mass is 15.1. The zero-order chi connectivity index (χ0) is 18.1. The first-order chi connectivity index (χ1) is 12.7. The fourth-order valence-corrected chi connectivity index (χ4v) is 3.35. The van der Waals surface area contributed by atoms with Crippen LogP contribution in [0.2, 0.25) is 0 Å². The molecule has 4 rings (SSSR count). The molecular formula is C20H20N6. The van der Waals surface area contributed by atoms with Crippen molar-refractivity contribution in [2.45, 2.75) is 6.42 Å². The van der Waals surface area contributed by atoms with Crippen LogP contribution in [0.3, 0.4) is 0 Å². The molecular weight excluding hydrogens is 324 g/mol. The van der Waals surface area contributed by atoms with Crippen LogP contribution >= 0.6 is 0 Å². The van der Waals surface area contributed by atoms with Gasteiger partial charge in [0.2, 0.25) is 0 Å². The summed E-state index contributed by atoms with van der Waals surface area (Å²) >= 11 is 0. The SMILES string of the molecule is CN(C)CCCNc1c(C#N)c2nc3ncccc3n2c2ccccc12. The topological polar surface area (TPSA) is 69.2 Å². The molecule has 3 heterocycles. The molecule has 1 N–H and O–H groups in total. The highest BCUT2D eigenvalue weighted by Crippen LogP contribution is 2.32. The third-order valence-electron chi connectivity index (χ3n) is 4.51. The van der Waals surface area contributed by atoms with Crippen molar-refractivity contribution < 1.29 is 0 Å². The van der Waals surface area contributed by atoms with Gasteiger partial charge in [-0.2, -0.15) is 5.26 Å². The number of anilines is 1. The smallest absolute Gasteiger partial charge is 0.178 e. The van der Waals surface area contributed by atoms with E-state index in [4.69, 9.17) is 0 Å². The third-order valence-corrected chi connectivity index (χ3v) is 4.51. The van der Waals surface area contributed by atoms with Crippen LogP contribution in [-0.4, -0.2) is 46.5 Å². The van der Waals surface area contributed by atoms with Crippen molar-refractivity contribution in [2.75, 3.05) is 32.5 Å². The molecule has 0 aliphatic heterocycles. The van der Waals surface area contributed by atoms with Crippen LogP contribution in [0.1, 0.15) is 12.0 Å². The van der Waals surface area contributed by atoms with E-state index >= 15 is 0 Å². The van der Waals surface area contributed by atoms with Crippen molar-refractivity contribution in [2.24, 2.45) is 0 Å². The summed E-state index contributed by atoms with van der Waals surface area (Å²) in [5.41, 5.74) is 4.65. The summed E-state index contributed by atoms with van der Waals surface area (Å²) in [6, 6.07) is 14.3. The van der Waals surface area contributed by atoms with Crippen molar-refractivity contribution in [3.63, 3.8) is 0 Å². The van der Waals surface area contributed by atoms with Crippen molar-refractivity contribution in [1.29, 1.82) is 5.26 Å². The fraction of sp³-hybridized carbons (Fsp3) is 0.250. The van der Waals surface area contributed by atoms with Gasteiger partial charge in [0, 0.05) is 18.1 Å². The number of hydrogen-bond donors (Lipinski definition) is 1. The lowest BCUT2D eigenvalue weighted by atomic mass is 10.1. The number of hydrogen-bond acceptors (Lipinski definition) is 5. The van der Waals surface area contributed by atoms with E-state index in [1.54, 1.807) is 6.20 Å². The zero-order valence-electron chi connectivity index (χ0n) is 14.9. The van der Waals surface area contributed by atoms with E-state index in [-0.39, 0.29) is 0 Å². The molecule has 6 heteroatoms. The molecule has 0 spiro atoms. The van der Waals surface area contributed by atoms with E-state index in [0.717, 1.165) is 41.6 Å². The molecule has 4 aromatic rings. The Morgan fingerprint density at radius 1 is 1.15 bits per heavy atom. The molecule has 0 saturated carbocycles. The molecule has 0 aliphatic carbocycles. The first-order valence-corrected chi connectivity index (χ1v) is 8.67. The highest BCUT2D eigenvalue weighted by molar-refractivity contribution is 6.01. The Morgan fingerprint density at radius 2 is 1.96 bits per heavy atom. The maximum absolute atomic E-state index is 9.87. The van der Waals surface area contributed by atoms with Gasteiger partial charge in [-0.25, -0.2) is 9.97 Å². The van der Waals surface area contributed by atoms with E-state index in [1.807, 2.05) is 34.7 Å². The van der Waals surface area contributed by atoms with Crippen molar-refractivity contribution in [3.05, 3.63) is 48.2 Å². The molecule has 0 amide bonds. The molecule has 6 nitrogen and oxygen atoms in total. The van der Waals surface area contributed by atoms with Gasteiger partial charge in [-0.1, -0.05) is 18.2 Å². The van der Waals surface area contributed by atoms with Gasteiger partial charge in [-0.15, -0.1) is 0 Å². The standard InChI is InChI=1S/C20H20N6/c1-25(2)12-6-11-22-18-14-7-3-4-8-16(14)26-17-9-5-10-23-19(17)24-20(26)15(18)13-21/h3-5,7-10,22H,6,11-12H2,1-2H3. The summed E-state index contributed by atoms with van der Waals surface area (Å²) in [5.74, 6) is 0. The number of benzene rings is 1. The first-order valence-electron chi connectivity index (χ1n) is 8.67. The largest absolute Gasteiger partial charge is 0.383 e. The molecule has 0 unspecified atom stereocenters. The Bertz CT molecular complexity index is 1140. The molecule has 1 aromatic carbocycles. The number of para-hydroxylation sites is 1. The van der Waals surface area contributed by atoms with E-state index in [1.165, 1.54) is 0 Å². The minimum atomic E-state index is 0.562. The Morgan fingerprint density at radius 3 is 2.77 bits per heavy atom. The quantitative estimate of drug-likeness (QED) is 0.563. The van der Waals surface area contributed by atoms with Crippen molar-refractivity contribution in [1.82, 2.24) is 19.3 Å². The van der Waals surface area contributed by atoms with E-state index < -0.39 is 0 Å². The molecule has 3 aromatic heterocycles. The van der Waals surface area contributed by atoms with Gasteiger partial charge in [0.25, 0.3) is 0 Å². The van der Waals surface area contributed by atoms with Crippen LogP contribution in [-0.2, 0) is 0 Å². The first kappa shape index (κ1) is 16.3. The fourth-order valence-electron chi connectivity index (χ4n) is 3.35. The van der Waals surface area contributed by atoms with Gasteiger partial charge < -0.3 is 10.2 Å². The second-order valence-corrected chi connectivity index (χ2v) is 6.58. The average Bonchev–Trinajstić information content (AvgIpc) is 3.04. The summed E-state index contributed by atoms with van der Waals surface area (Å²) in [4.78, 5) is 11.1. The molecule has 26 heavy (non-hydrogen) atoms. The second kappa shape index (κ2) is 6.62. The normalized spacial score (nSPS) is 11.5. The van der Waals surface area contributed by atoms with E-state index in [9.17, 15) is 5.26 Å². The predicted octanol–water partition coefficient (Wildman–Crippen LogP) is 3.27. The molecule has 0 aliphatic rings. The maximum Gasteiger partial charge on any atom is 0.178 e. The Balaban J connectivity index is 1.95. The lowest BCUT2D eigenvalue weighted by Gasteiger charge is -2.15. The van der Waals surface area contributed by atoms with Gasteiger partial charge in [-0.05, 0) is 45.3 Å². The van der Waals surface area contributed by atoms with Crippen molar-refractivity contribution in [3.8, 4) is 6.07 Å². The predicted molar refractivity (Wildman–Crippen MR) is 104 cm³/mol. The summed E-state index contributed by atoms with van der Waals surface area (Å²) in [7, 11) is 4.12. The summed E-state index contributed by atoms with van der Waals surface area (Å²) in [6.07, 6.45) is 2.72. The maximum atomic E-state index is 9.87. The Kier molecular flexibility index (Phi) is 4.15. The highest BCUT2D eigenvalue weighted by Gasteiger charge is 2.18. The van der Waals surface area contributed by atoms with Gasteiger partial charge in [0.05, 0.1) is 16.7 Å². The lowest BCUT2D eigenvalue weighted by Crippen LogP contribution is -2.17. The number of imidazole rings is 1. The molecule has 0 saturated heterocycles. The number of nitriles is 1. The van der Waals surface area contributed by atoms with Gasteiger partial charge in [0.15, 0.2) is 11.3 Å². The van der Waals surface area contributed by atoms with Crippen molar-refractivity contribution >= 4 is 33.4 Å². The zero-order valence-corrected chi connectivity index (χ0v) is 14.9. The van der Waals surface area contributed by atoms with Gasteiger partial charge >= 0.3 is 0 Å². The van der Waals surface area contributed by atoms with Crippen LogP contribution in [0, 0.1) is 11.3 Å². The van der Waals surface area contributed by atoms with Gasteiger partial charge in [-0.3, -0.25) is 4.40 Å². The number of pyridine rings is 2. The second-order valence-electron chi connectivity index (χ2n) is 6.58. The summed E-state index contributed by atoms with van der Waals surface area (Å²) in [5, 5.41) is 14.4. The molecule has 0 radical (unpaired) electrons. The Labute approximate surface area is 151 Å². The van der Waals surface area contributed by atoms with Crippen LogP contribution in [0.25, 0.3) is 27.7 Å². The number of rotatable bonds is 5. The number of aromatic nitrogens is 3. The lowest BCUT2D eigenvalue weighted by molar-refractivity contribution is 0.405.